The fourth-order valence-corrected chi connectivity index (χ4v) is 4.19. The van der Waals surface area contributed by atoms with Crippen molar-refractivity contribution in [2.75, 3.05) is 13.7 Å². The first-order valence-electron chi connectivity index (χ1n) is 11.6. The van der Waals surface area contributed by atoms with Crippen LogP contribution in [0.5, 0.6) is 11.5 Å². The summed E-state index contributed by atoms with van der Waals surface area (Å²) in [6, 6.07) is 15.9. The number of nitrogens with zero attached hydrogens (tertiary/aromatic N) is 3. The van der Waals surface area contributed by atoms with Crippen molar-refractivity contribution in [3.05, 3.63) is 86.7 Å². The Balaban J connectivity index is 1.86. The Kier molecular flexibility index (Phi) is 7.59. The fraction of sp³-hybridized carbons (Fsp3) is 0.214. The van der Waals surface area contributed by atoms with Gasteiger partial charge < -0.3 is 14.6 Å². The number of aromatic nitrogens is 2. The van der Waals surface area contributed by atoms with Gasteiger partial charge in [0.15, 0.2) is 12.4 Å². The van der Waals surface area contributed by atoms with Crippen LogP contribution in [0.4, 0.5) is 0 Å². The highest BCUT2D eigenvalue weighted by molar-refractivity contribution is 6.32. The Morgan fingerprint density at radius 2 is 1.92 bits per heavy atom. The molecule has 0 bridgehead atoms. The Morgan fingerprint density at radius 3 is 2.59 bits per heavy atom. The smallest absolute Gasteiger partial charge is 0.341 e. The third-order valence-corrected chi connectivity index (χ3v) is 6.12. The molecule has 1 N–H and O–H groups in total. The second kappa shape index (κ2) is 10.8. The molecule has 3 aromatic carbocycles. The predicted octanol–water partition coefficient (Wildman–Crippen LogP) is 5.50. The highest BCUT2D eigenvalue weighted by Gasteiger charge is 2.18. The summed E-state index contributed by atoms with van der Waals surface area (Å²) < 4.78 is 12.0. The topological polar surface area (TPSA) is 103 Å². The number of aliphatic carboxylic acids is 1. The fourth-order valence-electron chi connectivity index (χ4n) is 3.95. The lowest BCUT2D eigenvalue weighted by molar-refractivity contribution is -0.139. The van der Waals surface area contributed by atoms with E-state index in [1.165, 1.54) is 10.9 Å². The number of benzene rings is 3. The van der Waals surface area contributed by atoms with Gasteiger partial charge in [0.1, 0.15) is 11.5 Å². The van der Waals surface area contributed by atoms with E-state index in [9.17, 15) is 9.59 Å². The number of methoxy groups -OCH3 is 1. The highest BCUT2D eigenvalue weighted by Crippen LogP contribution is 2.34. The Hall–Kier alpha value is -4.17. The normalized spacial score (nSPS) is 11.4. The van der Waals surface area contributed by atoms with E-state index in [1.54, 1.807) is 43.5 Å². The number of carbonyl (C=O) groups is 1. The van der Waals surface area contributed by atoms with Crippen molar-refractivity contribution in [2.24, 2.45) is 5.10 Å². The van der Waals surface area contributed by atoms with Crippen LogP contribution in [0.1, 0.15) is 36.5 Å². The maximum atomic E-state index is 13.5. The largest absolute Gasteiger partial charge is 0.496 e. The maximum absolute atomic E-state index is 13.5. The zero-order chi connectivity index (χ0) is 26.7. The molecule has 0 unspecified atom stereocenters. The third-order valence-electron chi connectivity index (χ3n) is 5.82. The van der Waals surface area contributed by atoms with E-state index in [-0.39, 0.29) is 22.2 Å². The number of fused-ring (bicyclic) bond motifs is 1. The second-order valence-electron chi connectivity index (χ2n) is 8.75. The molecule has 0 amide bonds. The molecule has 0 saturated carbocycles. The highest BCUT2D eigenvalue weighted by atomic mass is 35.5. The number of halogens is 1. The van der Waals surface area contributed by atoms with Gasteiger partial charge in [-0.05, 0) is 72.0 Å². The number of rotatable bonds is 8. The molecular formula is C28H26ClN3O5. The first-order chi connectivity index (χ1) is 17.7. The van der Waals surface area contributed by atoms with Crippen LogP contribution >= 0.6 is 11.6 Å². The first kappa shape index (κ1) is 25.9. The van der Waals surface area contributed by atoms with Gasteiger partial charge in [-0.25, -0.2) is 9.78 Å². The summed E-state index contributed by atoms with van der Waals surface area (Å²) in [5.41, 5.74) is 3.48. The number of hydrogen-bond acceptors (Lipinski definition) is 6. The lowest BCUT2D eigenvalue weighted by Crippen LogP contribution is -2.20. The molecule has 8 nitrogen and oxygen atoms in total. The average molecular weight is 520 g/mol. The molecule has 0 fully saturated rings. The standard InChI is InChI=1S/C28H26ClN3O5/c1-16(2)20-13-21(17(3)11-25(20)36-4)27-31-23-8-6-5-7-19(23)28(35)32(27)30-14-18-9-10-24(22(29)12-18)37-15-26(33)34/h5-14,16H,15H2,1-4H3,(H,33,34). The van der Waals surface area contributed by atoms with Crippen molar-refractivity contribution in [1.29, 1.82) is 0 Å². The molecule has 0 aliphatic rings. The molecule has 0 atom stereocenters. The van der Waals surface area contributed by atoms with E-state index in [0.29, 0.717) is 22.3 Å². The van der Waals surface area contributed by atoms with Crippen molar-refractivity contribution in [2.45, 2.75) is 26.7 Å². The SMILES string of the molecule is COc1cc(C)c(-c2nc3ccccc3c(=O)n2N=Cc2ccc(OCC(=O)O)c(Cl)c2)cc1C(C)C. The van der Waals surface area contributed by atoms with Gasteiger partial charge in [0, 0.05) is 5.56 Å². The summed E-state index contributed by atoms with van der Waals surface area (Å²) in [6.45, 7) is 5.58. The number of aryl methyl sites for hydroxylation is 1. The summed E-state index contributed by atoms with van der Waals surface area (Å²) in [5.74, 6) is 0.486. The number of para-hydroxylation sites is 1. The molecule has 0 radical (unpaired) electrons. The molecule has 4 rings (SSSR count). The van der Waals surface area contributed by atoms with Crippen LogP contribution in [0, 0.1) is 6.92 Å². The maximum Gasteiger partial charge on any atom is 0.341 e. The monoisotopic (exact) mass is 519 g/mol. The van der Waals surface area contributed by atoms with Gasteiger partial charge in [-0.15, -0.1) is 0 Å². The molecule has 0 aliphatic heterocycles. The molecule has 0 saturated heterocycles. The number of carboxylic acids is 1. The number of carboxylic acid groups (broad SMARTS) is 1. The second-order valence-corrected chi connectivity index (χ2v) is 9.16. The van der Waals surface area contributed by atoms with E-state index in [1.807, 2.05) is 25.1 Å². The molecule has 9 heteroatoms. The van der Waals surface area contributed by atoms with E-state index in [0.717, 1.165) is 22.4 Å². The molecule has 1 heterocycles. The van der Waals surface area contributed by atoms with Crippen LogP contribution in [0.3, 0.4) is 0 Å². The molecule has 1 aromatic heterocycles. The van der Waals surface area contributed by atoms with Crippen molar-refractivity contribution in [1.82, 2.24) is 9.66 Å². The summed E-state index contributed by atoms with van der Waals surface area (Å²) >= 11 is 6.26. The molecule has 0 aliphatic carbocycles. The summed E-state index contributed by atoms with van der Waals surface area (Å²) in [5, 5.41) is 14.0. The number of ether oxygens (including phenoxy) is 2. The van der Waals surface area contributed by atoms with Gasteiger partial charge in [0.2, 0.25) is 0 Å². The van der Waals surface area contributed by atoms with Crippen molar-refractivity contribution in [3.8, 4) is 22.9 Å². The van der Waals surface area contributed by atoms with Crippen molar-refractivity contribution < 1.29 is 19.4 Å². The van der Waals surface area contributed by atoms with Crippen LogP contribution in [0.2, 0.25) is 5.02 Å². The van der Waals surface area contributed by atoms with E-state index in [4.69, 9.17) is 31.2 Å². The van der Waals surface area contributed by atoms with E-state index in [2.05, 4.69) is 18.9 Å². The molecule has 4 aromatic rings. The average Bonchev–Trinajstić information content (AvgIpc) is 2.87. The van der Waals surface area contributed by atoms with Crippen LogP contribution in [0.15, 0.2) is 64.5 Å². The quantitative estimate of drug-likeness (QED) is 0.308. The Labute approximate surface area is 218 Å². The minimum absolute atomic E-state index is 0.183. The van der Waals surface area contributed by atoms with Crippen LogP contribution in [-0.2, 0) is 4.79 Å². The predicted molar refractivity (Wildman–Crippen MR) is 144 cm³/mol. The minimum atomic E-state index is -1.10. The van der Waals surface area contributed by atoms with Gasteiger partial charge in [-0.2, -0.15) is 9.78 Å². The van der Waals surface area contributed by atoms with Gasteiger partial charge in [-0.1, -0.05) is 37.6 Å². The van der Waals surface area contributed by atoms with Gasteiger partial charge in [0.25, 0.3) is 5.56 Å². The third kappa shape index (κ3) is 5.49. The van der Waals surface area contributed by atoms with Gasteiger partial charge in [0.05, 0.1) is 29.2 Å². The Bertz CT molecular complexity index is 1580. The molecule has 0 spiro atoms. The lowest BCUT2D eigenvalue weighted by atomic mass is 9.96. The zero-order valence-electron chi connectivity index (χ0n) is 20.9. The summed E-state index contributed by atoms with van der Waals surface area (Å²) in [6.07, 6.45) is 1.50. The van der Waals surface area contributed by atoms with Gasteiger partial charge in [-0.3, -0.25) is 4.79 Å². The van der Waals surface area contributed by atoms with Crippen LogP contribution in [0.25, 0.3) is 22.3 Å². The van der Waals surface area contributed by atoms with E-state index >= 15 is 0 Å². The molecule has 190 valence electrons. The van der Waals surface area contributed by atoms with Crippen LogP contribution in [-0.4, -0.2) is 40.7 Å². The van der Waals surface area contributed by atoms with Crippen molar-refractivity contribution in [3.63, 3.8) is 0 Å². The minimum Gasteiger partial charge on any atom is -0.496 e. The molecule has 37 heavy (non-hydrogen) atoms. The summed E-state index contributed by atoms with van der Waals surface area (Å²) in [7, 11) is 1.64. The lowest BCUT2D eigenvalue weighted by Gasteiger charge is -2.17. The van der Waals surface area contributed by atoms with Crippen molar-refractivity contribution >= 4 is 34.7 Å². The molecular weight excluding hydrogens is 494 g/mol. The Morgan fingerprint density at radius 1 is 1.16 bits per heavy atom. The zero-order valence-corrected chi connectivity index (χ0v) is 21.6. The first-order valence-corrected chi connectivity index (χ1v) is 12.0. The summed E-state index contributed by atoms with van der Waals surface area (Å²) in [4.78, 5) is 29.1. The van der Waals surface area contributed by atoms with Gasteiger partial charge >= 0.3 is 5.97 Å². The van der Waals surface area contributed by atoms with Crippen LogP contribution < -0.4 is 15.0 Å². The number of hydrogen-bond donors (Lipinski definition) is 1. The van der Waals surface area contributed by atoms with E-state index < -0.39 is 12.6 Å².